The lowest BCUT2D eigenvalue weighted by molar-refractivity contribution is 0.174. The van der Waals surface area contributed by atoms with Crippen molar-refractivity contribution in [3.63, 3.8) is 0 Å². The number of rotatable bonds is 10. The van der Waals surface area contributed by atoms with Gasteiger partial charge in [0.1, 0.15) is 12.4 Å². The summed E-state index contributed by atoms with van der Waals surface area (Å²) in [4.78, 5) is 0. The molecule has 6 nitrogen and oxygen atoms in total. The van der Waals surface area contributed by atoms with Crippen molar-refractivity contribution in [1.29, 1.82) is 0 Å². The molecule has 0 saturated heterocycles. The van der Waals surface area contributed by atoms with Gasteiger partial charge in [0.25, 0.3) is 0 Å². The van der Waals surface area contributed by atoms with Crippen molar-refractivity contribution >= 4 is 15.9 Å². The smallest absolute Gasteiger partial charge is 0.231 e. The number of ether oxygens (including phenoxy) is 5. The van der Waals surface area contributed by atoms with Gasteiger partial charge in [0.2, 0.25) is 6.79 Å². The molecule has 7 heteroatoms. The molecule has 0 aromatic heterocycles. The normalized spacial score (nSPS) is 12.0. The van der Waals surface area contributed by atoms with E-state index in [0.717, 1.165) is 52.4 Å². The number of hydrogen-bond donors (Lipinski definition) is 1. The number of benzene rings is 3. The Hall–Kier alpha value is -2.90. The minimum absolute atomic E-state index is 0.259. The van der Waals surface area contributed by atoms with E-state index in [-0.39, 0.29) is 6.79 Å². The van der Waals surface area contributed by atoms with E-state index in [1.54, 1.807) is 14.2 Å². The lowest BCUT2D eigenvalue weighted by Gasteiger charge is -2.15. The Bertz CT molecular complexity index is 1050. The van der Waals surface area contributed by atoms with E-state index < -0.39 is 0 Å². The molecule has 0 bridgehead atoms. The second kappa shape index (κ2) is 10.6. The highest BCUT2D eigenvalue weighted by Gasteiger charge is 2.15. The minimum Gasteiger partial charge on any atom is -0.497 e. The molecule has 0 unspecified atom stereocenters. The molecule has 0 aliphatic carbocycles. The third kappa shape index (κ3) is 5.47. The summed E-state index contributed by atoms with van der Waals surface area (Å²) in [6, 6.07) is 18.0. The summed E-state index contributed by atoms with van der Waals surface area (Å²) in [5.41, 5.74) is 3.37. The van der Waals surface area contributed by atoms with Gasteiger partial charge in [-0.3, -0.25) is 0 Å². The Labute approximate surface area is 196 Å². The van der Waals surface area contributed by atoms with E-state index in [1.165, 1.54) is 5.56 Å². The standard InChI is InChI=1S/C25H26BrNO5/c1-28-20-6-3-17(4-7-20)9-10-27-14-19-11-21(26)25(24(13-19)29-2)30-15-18-5-8-22-23(12-18)32-16-31-22/h3-8,11-13,27H,9-10,14-16H2,1-2H3. The molecule has 0 radical (unpaired) electrons. The number of methoxy groups -OCH3 is 2. The summed E-state index contributed by atoms with van der Waals surface area (Å²) in [5.74, 6) is 3.74. The van der Waals surface area contributed by atoms with Gasteiger partial charge >= 0.3 is 0 Å². The number of hydrogen-bond acceptors (Lipinski definition) is 6. The SMILES string of the molecule is COc1ccc(CCNCc2cc(Br)c(OCc3ccc4c(c3)OCO4)c(OC)c2)cc1. The lowest BCUT2D eigenvalue weighted by atomic mass is 10.1. The molecule has 0 spiro atoms. The average Bonchev–Trinajstić information content (AvgIpc) is 3.29. The Balaban J connectivity index is 1.32. The van der Waals surface area contributed by atoms with Gasteiger partial charge in [-0.15, -0.1) is 0 Å². The molecule has 0 fully saturated rings. The molecular formula is C25H26BrNO5. The van der Waals surface area contributed by atoms with Crippen LogP contribution in [0.5, 0.6) is 28.7 Å². The highest BCUT2D eigenvalue weighted by molar-refractivity contribution is 9.10. The maximum absolute atomic E-state index is 6.06. The average molecular weight is 500 g/mol. The van der Waals surface area contributed by atoms with Crippen LogP contribution < -0.4 is 29.0 Å². The van der Waals surface area contributed by atoms with Gasteiger partial charge in [-0.25, -0.2) is 0 Å². The fourth-order valence-electron chi connectivity index (χ4n) is 3.46. The molecule has 1 heterocycles. The zero-order valence-electron chi connectivity index (χ0n) is 18.2. The summed E-state index contributed by atoms with van der Waals surface area (Å²) >= 11 is 3.63. The summed E-state index contributed by atoms with van der Waals surface area (Å²) in [5, 5.41) is 3.48. The van der Waals surface area contributed by atoms with Crippen molar-refractivity contribution in [2.24, 2.45) is 0 Å². The molecule has 3 aromatic carbocycles. The first-order valence-corrected chi connectivity index (χ1v) is 11.2. The molecule has 32 heavy (non-hydrogen) atoms. The van der Waals surface area contributed by atoms with Crippen LogP contribution in [0.3, 0.4) is 0 Å². The van der Waals surface area contributed by atoms with Gasteiger partial charge in [-0.1, -0.05) is 18.2 Å². The van der Waals surface area contributed by atoms with Gasteiger partial charge in [0, 0.05) is 6.54 Å². The largest absolute Gasteiger partial charge is 0.497 e. The fourth-order valence-corrected chi connectivity index (χ4v) is 4.06. The van der Waals surface area contributed by atoms with E-state index >= 15 is 0 Å². The van der Waals surface area contributed by atoms with Crippen molar-refractivity contribution in [3.8, 4) is 28.7 Å². The molecule has 0 saturated carbocycles. The van der Waals surface area contributed by atoms with Gasteiger partial charge in [0.15, 0.2) is 23.0 Å². The summed E-state index contributed by atoms with van der Waals surface area (Å²) < 4.78 is 28.5. The van der Waals surface area contributed by atoms with E-state index in [9.17, 15) is 0 Å². The first-order chi connectivity index (χ1) is 15.7. The second-order valence-electron chi connectivity index (χ2n) is 7.36. The van der Waals surface area contributed by atoms with Crippen LogP contribution in [0, 0.1) is 0 Å². The van der Waals surface area contributed by atoms with Gasteiger partial charge in [-0.2, -0.15) is 0 Å². The third-order valence-corrected chi connectivity index (χ3v) is 5.78. The Morgan fingerprint density at radius 2 is 1.66 bits per heavy atom. The minimum atomic E-state index is 0.259. The predicted octanol–water partition coefficient (Wildman–Crippen LogP) is 5.11. The van der Waals surface area contributed by atoms with Crippen LogP contribution in [-0.4, -0.2) is 27.6 Å². The van der Waals surface area contributed by atoms with Gasteiger partial charge < -0.3 is 29.0 Å². The van der Waals surface area contributed by atoms with Crippen molar-refractivity contribution < 1.29 is 23.7 Å². The Morgan fingerprint density at radius 3 is 2.44 bits per heavy atom. The molecule has 0 amide bonds. The molecular weight excluding hydrogens is 474 g/mol. The molecule has 1 aliphatic heterocycles. The molecule has 1 aliphatic rings. The van der Waals surface area contributed by atoms with Crippen LogP contribution in [0.15, 0.2) is 59.1 Å². The number of nitrogens with one attached hydrogen (secondary N) is 1. The van der Waals surface area contributed by atoms with E-state index in [1.807, 2.05) is 36.4 Å². The highest BCUT2D eigenvalue weighted by atomic mass is 79.9. The first kappa shape index (κ1) is 22.3. The highest BCUT2D eigenvalue weighted by Crippen LogP contribution is 2.38. The molecule has 168 valence electrons. The molecule has 0 atom stereocenters. The second-order valence-corrected chi connectivity index (χ2v) is 8.21. The number of halogens is 1. The zero-order valence-corrected chi connectivity index (χ0v) is 19.7. The quantitative estimate of drug-likeness (QED) is 0.391. The van der Waals surface area contributed by atoms with Gasteiger partial charge in [0.05, 0.1) is 18.7 Å². The van der Waals surface area contributed by atoms with Crippen molar-refractivity contribution in [2.45, 2.75) is 19.6 Å². The molecule has 3 aromatic rings. The van der Waals surface area contributed by atoms with Crippen LogP contribution in [0.2, 0.25) is 0 Å². The third-order valence-electron chi connectivity index (χ3n) is 5.19. The topological polar surface area (TPSA) is 58.2 Å². The maximum atomic E-state index is 6.06. The number of fused-ring (bicyclic) bond motifs is 1. The van der Waals surface area contributed by atoms with Crippen LogP contribution in [0.4, 0.5) is 0 Å². The van der Waals surface area contributed by atoms with Crippen LogP contribution >= 0.6 is 15.9 Å². The molecule has 1 N–H and O–H groups in total. The van der Waals surface area contributed by atoms with Gasteiger partial charge in [-0.05, 0) is 82.0 Å². The van der Waals surface area contributed by atoms with Crippen molar-refractivity contribution in [3.05, 3.63) is 75.8 Å². The lowest BCUT2D eigenvalue weighted by Crippen LogP contribution is -2.16. The van der Waals surface area contributed by atoms with Crippen molar-refractivity contribution in [2.75, 3.05) is 27.6 Å². The summed E-state index contributed by atoms with van der Waals surface area (Å²) in [6.07, 6.45) is 0.943. The fraction of sp³-hybridized carbons (Fsp3) is 0.280. The predicted molar refractivity (Wildman–Crippen MR) is 126 cm³/mol. The Morgan fingerprint density at radius 1 is 0.875 bits per heavy atom. The van der Waals surface area contributed by atoms with E-state index in [4.69, 9.17) is 23.7 Å². The summed E-state index contributed by atoms with van der Waals surface area (Å²) in [6.45, 7) is 2.25. The van der Waals surface area contributed by atoms with Crippen molar-refractivity contribution in [1.82, 2.24) is 5.32 Å². The zero-order chi connectivity index (χ0) is 22.3. The first-order valence-electron chi connectivity index (χ1n) is 10.4. The van der Waals surface area contributed by atoms with Crippen LogP contribution in [-0.2, 0) is 19.6 Å². The molecule has 4 rings (SSSR count). The monoisotopic (exact) mass is 499 g/mol. The van der Waals surface area contributed by atoms with E-state index in [2.05, 4.69) is 39.4 Å². The summed E-state index contributed by atoms with van der Waals surface area (Å²) in [7, 11) is 3.33. The van der Waals surface area contributed by atoms with Crippen LogP contribution in [0.25, 0.3) is 0 Å². The van der Waals surface area contributed by atoms with Crippen LogP contribution in [0.1, 0.15) is 16.7 Å². The maximum Gasteiger partial charge on any atom is 0.231 e. The van der Waals surface area contributed by atoms with E-state index in [0.29, 0.717) is 18.1 Å². The Kier molecular flexibility index (Phi) is 7.39.